The Kier molecular flexibility index (Phi) is 4.82. The number of allylic oxidation sites excluding steroid dienone is 2. The molecule has 17 heavy (non-hydrogen) atoms. The number of carbonyl (C=O) groups excluding carboxylic acids is 1. The van der Waals surface area contributed by atoms with E-state index in [-0.39, 0.29) is 5.91 Å². The van der Waals surface area contributed by atoms with Gasteiger partial charge in [-0.3, -0.25) is 4.79 Å². The molecule has 4 nitrogen and oxygen atoms in total. The first kappa shape index (κ1) is 13.4. The Morgan fingerprint density at radius 1 is 1.24 bits per heavy atom. The summed E-state index contributed by atoms with van der Waals surface area (Å²) in [7, 11) is 1.59. The third-order valence-corrected chi connectivity index (χ3v) is 2.87. The fourth-order valence-electron chi connectivity index (χ4n) is 1.78. The summed E-state index contributed by atoms with van der Waals surface area (Å²) in [6.07, 6.45) is 3.64. The third-order valence-electron chi connectivity index (χ3n) is 2.87. The second-order valence-electron chi connectivity index (χ2n) is 3.94. The van der Waals surface area contributed by atoms with E-state index in [0.717, 1.165) is 31.9 Å². The molecule has 0 aromatic heterocycles. The summed E-state index contributed by atoms with van der Waals surface area (Å²) in [6.45, 7) is 12.3. The number of ether oxygens (including phenoxy) is 1. The van der Waals surface area contributed by atoms with Gasteiger partial charge in [0.05, 0.1) is 7.11 Å². The molecule has 0 saturated carbocycles. The summed E-state index contributed by atoms with van der Waals surface area (Å²) in [4.78, 5) is 15.2. The Bertz CT molecular complexity index is 339. The first-order chi connectivity index (χ1) is 8.08. The Morgan fingerprint density at radius 3 is 2.18 bits per heavy atom. The SMILES string of the molecule is C=CC(=CC(=C)OC)N1CCN(C(C)=O)CC1. The summed E-state index contributed by atoms with van der Waals surface area (Å²) in [5, 5.41) is 0. The molecule has 1 aliphatic rings. The van der Waals surface area contributed by atoms with Crippen LogP contribution in [0.15, 0.2) is 36.8 Å². The highest BCUT2D eigenvalue weighted by Crippen LogP contribution is 2.12. The van der Waals surface area contributed by atoms with E-state index in [2.05, 4.69) is 18.1 Å². The van der Waals surface area contributed by atoms with E-state index in [1.807, 2.05) is 11.0 Å². The maximum absolute atomic E-state index is 11.2. The molecule has 1 aliphatic heterocycles. The van der Waals surface area contributed by atoms with Crippen LogP contribution in [0, 0.1) is 0 Å². The predicted octanol–water partition coefficient (Wildman–Crippen LogP) is 1.38. The van der Waals surface area contributed by atoms with Crippen LogP contribution in [0.25, 0.3) is 0 Å². The molecule has 1 heterocycles. The molecule has 1 rings (SSSR count). The third kappa shape index (κ3) is 3.66. The van der Waals surface area contributed by atoms with E-state index >= 15 is 0 Å². The average molecular weight is 236 g/mol. The molecule has 0 spiro atoms. The molecule has 0 unspecified atom stereocenters. The van der Waals surface area contributed by atoms with E-state index in [9.17, 15) is 4.79 Å². The lowest BCUT2D eigenvalue weighted by atomic mass is 10.2. The van der Waals surface area contributed by atoms with Crippen LogP contribution in [0.3, 0.4) is 0 Å². The van der Waals surface area contributed by atoms with Crippen LogP contribution < -0.4 is 0 Å². The van der Waals surface area contributed by atoms with E-state index < -0.39 is 0 Å². The number of carbonyl (C=O) groups is 1. The van der Waals surface area contributed by atoms with Crippen LogP contribution in [0.1, 0.15) is 6.92 Å². The molecule has 4 heteroatoms. The van der Waals surface area contributed by atoms with Crippen LogP contribution in [-0.2, 0) is 9.53 Å². The first-order valence-electron chi connectivity index (χ1n) is 5.66. The van der Waals surface area contributed by atoms with Gasteiger partial charge in [-0.25, -0.2) is 0 Å². The number of methoxy groups -OCH3 is 1. The van der Waals surface area contributed by atoms with Crippen molar-refractivity contribution >= 4 is 5.91 Å². The van der Waals surface area contributed by atoms with Crippen molar-refractivity contribution in [2.75, 3.05) is 33.3 Å². The van der Waals surface area contributed by atoms with Gasteiger partial charge in [0, 0.05) is 44.9 Å². The summed E-state index contributed by atoms with van der Waals surface area (Å²) in [6, 6.07) is 0. The molecule has 1 fully saturated rings. The van der Waals surface area contributed by atoms with Gasteiger partial charge in [-0.15, -0.1) is 0 Å². The summed E-state index contributed by atoms with van der Waals surface area (Å²) in [5.41, 5.74) is 0.986. The summed E-state index contributed by atoms with van der Waals surface area (Å²) >= 11 is 0. The molecular weight excluding hydrogens is 216 g/mol. The molecule has 0 aromatic carbocycles. The highest BCUT2D eigenvalue weighted by atomic mass is 16.5. The molecule has 0 atom stereocenters. The molecule has 0 aromatic rings. The Balaban J connectivity index is 2.62. The molecule has 0 aliphatic carbocycles. The summed E-state index contributed by atoms with van der Waals surface area (Å²) < 4.78 is 5.02. The van der Waals surface area contributed by atoms with Crippen LogP contribution in [0.5, 0.6) is 0 Å². The van der Waals surface area contributed by atoms with Gasteiger partial charge in [-0.2, -0.15) is 0 Å². The number of hydrogen-bond donors (Lipinski definition) is 0. The smallest absolute Gasteiger partial charge is 0.219 e. The van der Waals surface area contributed by atoms with Gasteiger partial charge in [0.15, 0.2) is 0 Å². The van der Waals surface area contributed by atoms with E-state index in [1.165, 1.54) is 0 Å². The van der Waals surface area contributed by atoms with Gasteiger partial charge in [0.1, 0.15) is 5.76 Å². The lowest BCUT2D eigenvalue weighted by molar-refractivity contribution is -0.130. The van der Waals surface area contributed by atoms with E-state index in [0.29, 0.717) is 5.76 Å². The molecule has 1 amide bonds. The largest absolute Gasteiger partial charge is 0.497 e. The minimum atomic E-state index is 0.134. The van der Waals surface area contributed by atoms with Crippen molar-refractivity contribution in [1.29, 1.82) is 0 Å². The van der Waals surface area contributed by atoms with Gasteiger partial charge in [0.2, 0.25) is 5.91 Å². The molecule has 1 saturated heterocycles. The highest BCUT2D eigenvalue weighted by Gasteiger charge is 2.18. The summed E-state index contributed by atoms with van der Waals surface area (Å²) in [5.74, 6) is 0.740. The van der Waals surface area contributed by atoms with Crippen LogP contribution in [0.4, 0.5) is 0 Å². The zero-order chi connectivity index (χ0) is 12.8. The Labute approximate surface area is 103 Å². The maximum Gasteiger partial charge on any atom is 0.219 e. The van der Waals surface area contributed by atoms with Gasteiger partial charge in [-0.1, -0.05) is 13.2 Å². The number of nitrogens with zero attached hydrogens (tertiary/aromatic N) is 2. The first-order valence-corrected chi connectivity index (χ1v) is 5.66. The van der Waals surface area contributed by atoms with Gasteiger partial charge >= 0.3 is 0 Å². The van der Waals surface area contributed by atoms with E-state index in [4.69, 9.17) is 4.74 Å². The van der Waals surface area contributed by atoms with Crippen molar-refractivity contribution in [1.82, 2.24) is 9.80 Å². The van der Waals surface area contributed by atoms with Crippen molar-refractivity contribution in [3.63, 3.8) is 0 Å². The lowest BCUT2D eigenvalue weighted by Gasteiger charge is -2.36. The quantitative estimate of drug-likeness (QED) is 0.546. The molecule has 0 N–H and O–H groups in total. The number of hydrogen-bond acceptors (Lipinski definition) is 3. The minimum Gasteiger partial charge on any atom is -0.497 e. The second-order valence-corrected chi connectivity index (χ2v) is 3.94. The van der Waals surface area contributed by atoms with Gasteiger partial charge in [0.25, 0.3) is 0 Å². The lowest BCUT2D eigenvalue weighted by Crippen LogP contribution is -2.47. The number of rotatable bonds is 4. The monoisotopic (exact) mass is 236 g/mol. The zero-order valence-corrected chi connectivity index (χ0v) is 10.6. The van der Waals surface area contributed by atoms with Crippen molar-refractivity contribution in [2.45, 2.75) is 6.92 Å². The number of piperazine rings is 1. The standard InChI is InChI=1S/C13H20N2O2/c1-5-13(10-11(2)17-4)15-8-6-14(7-9-15)12(3)16/h5,10H,1-2,6-9H2,3-4H3. The van der Waals surface area contributed by atoms with Crippen molar-refractivity contribution in [3.8, 4) is 0 Å². The zero-order valence-electron chi connectivity index (χ0n) is 10.6. The minimum absolute atomic E-state index is 0.134. The van der Waals surface area contributed by atoms with Crippen LogP contribution in [-0.4, -0.2) is 49.0 Å². The van der Waals surface area contributed by atoms with Crippen LogP contribution in [0.2, 0.25) is 0 Å². The topological polar surface area (TPSA) is 32.8 Å². The Morgan fingerprint density at radius 2 is 1.76 bits per heavy atom. The molecule has 94 valence electrons. The molecule has 0 bridgehead atoms. The molecule has 0 radical (unpaired) electrons. The van der Waals surface area contributed by atoms with Crippen molar-refractivity contribution in [2.24, 2.45) is 0 Å². The van der Waals surface area contributed by atoms with Crippen LogP contribution >= 0.6 is 0 Å². The normalized spacial score (nSPS) is 16.7. The number of amides is 1. The predicted molar refractivity (Wildman–Crippen MR) is 68.3 cm³/mol. The van der Waals surface area contributed by atoms with Gasteiger partial charge < -0.3 is 14.5 Å². The fourth-order valence-corrected chi connectivity index (χ4v) is 1.78. The van der Waals surface area contributed by atoms with Crippen molar-refractivity contribution in [3.05, 3.63) is 36.8 Å². The van der Waals surface area contributed by atoms with E-state index in [1.54, 1.807) is 20.1 Å². The van der Waals surface area contributed by atoms with Crippen molar-refractivity contribution < 1.29 is 9.53 Å². The fraction of sp³-hybridized carbons (Fsp3) is 0.462. The second kappa shape index (κ2) is 6.13. The highest BCUT2D eigenvalue weighted by molar-refractivity contribution is 5.73. The molecular formula is C13H20N2O2. The maximum atomic E-state index is 11.2. The Hall–Kier alpha value is -1.71. The van der Waals surface area contributed by atoms with Gasteiger partial charge in [-0.05, 0) is 6.08 Å². The average Bonchev–Trinajstić information content (AvgIpc) is 2.35.